The standard InChI is InChI=1S/C15H18FO3P.C15H17FO3.C13H15FO4.C11H13FO3.H2/c16-12-4-6-13(7-5-12)17-11-15-9-8-14(19-15)3-1-2-10-18-20;16-12-4-6-13(7-5-12)18-11-15-9-8-14(19-15)3-1-2-10-17;1-9(15)17-13-7-6-12(18-13)8-16-11-4-2-10(14)3-5-11;12-8-1-3-9(4-2-8)14-7-10-5-6-11(13)15-10;/h4-7,14-15H,2,8-11,20H2;4-7,14-15,17H,2,8-11H2;2-5,12-13H,6-8H2,1H3;1-4,10-11,13H,5-7H2;1H/t;14?,15-;;10-,11?;/m.0.0./s1/i;;;;1+2. The van der Waals surface area contributed by atoms with E-state index in [1.807, 2.05) is 0 Å². The van der Waals surface area contributed by atoms with Gasteiger partial charge < -0.3 is 57.4 Å². The molecule has 392 valence electrons. The van der Waals surface area contributed by atoms with Crippen LogP contribution in [0.2, 0.25) is 0 Å². The SMILES string of the molecule is CC(=O)OC1CCC(COc2ccc(F)cc2)O1.Fc1ccc(OCC2CCC(C#CCCOP)O2)cc1.OC1CC[C@@H](COc2ccc(F)cc2)O1.OCCC#CC1CC[C@@H](COc2ccc(F)cc2)O1.[3HH]. The van der Waals surface area contributed by atoms with Gasteiger partial charge in [-0.1, -0.05) is 23.7 Å². The zero-order valence-corrected chi connectivity index (χ0v) is 41.3. The molecule has 13 nitrogen and oxygen atoms in total. The lowest BCUT2D eigenvalue weighted by Gasteiger charge is -2.14. The molecule has 0 spiro atoms. The molecule has 72 heavy (non-hydrogen) atoms. The molecule has 0 saturated carbocycles. The van der Waals surface area contributed by atoms with Crippen LogP contribution in [-0.2, 0) is 33.0 Å². The van der Waals surface area contributed by atoms with Gasteiger partial charge in [-0.2, -0.15) is 0 Å². The number of aliphatic hydroxyl groups is 2. The first-order valence-electron chi connectivity index (χ1n) is 23.8. The quantitative estimate of drug-likeness (QED) is 0.0361. The van der Waals surface area contributed by atoms with Gasteiger partial charge in [0, 0.05) is 43.5 Å². The van der Waals surface area contributed by atoms with E-state index < -0.39 is 12.6 Å². The van der Waals surface area contributed by atoms with Crippen LogP contribution in [0.25, 0.3) is 0 Å². The monoisotopic (exact) mass is 1030 g/mol. The third kappa shape index (κ3) is 23.4. The van der Waals surface area contributed by atoms with E-state index in [2.05, 4.69) is 33.1 Å². The number of rotatable bonds is 16. The van der Waals surface area contributed by atoms with E-state index >= 15 is 0 Å². The van der Waals surface area contributed by atoms with Crippen molar-refractivity contribution in [2.75, 3.05) is 39.6 Å². The molecule has 4 saturated heterocycles. The Labute approximate surface area is 422 Å². The molecule has 2 N–H and O–H groups in total. The van der Waals surface area contributed by atoms with E-state index in [0.717, 1.165) is 38.5 Å². The van der Waals surface area contributed by atoms with Gasteiger partial charge in [-0.15, -0.1) is 0 Å². The van der Waals surface area contributed by atoms with Crippen molar-refractivity contribution in [3.63, 3.8) is 0 Å². The average Bonchev–Trinajstić information content (AvgIpc) is 4.22. The van der Waals surface area contributed by atoms with Crippen molar-refractivity contribution in [1.29, 1.82) is 0 Å². The molecule has 8 rings (SSSR count). The normalized spacial score (nSPS) is 22.7. The summed E-state index contributed by atoms with van der Waals surface area (Å²) in [6.07, 6.45) is 6.45. The molecule has 9 atom stereocenters. The fraction of sp³-hybridized carbons (Fsp3) is 0.463. The predicted octanol–water partition coefficient (Wildman–Crippen LogP) is 9.31. The largest absolute Gasteiger partial charge is 0.491 e. The van der Waals surface area contributed by atoms with E-state index in [1.54, 1.807) is 48.5 Å². The van der Waals surface area contributed by atoms with Crippen molar-refractivity contribution in [2.45, 2.75) is 120 Å². The Morgan fingerprint density at radius 2 is 0.917 bits per heavy atom. The van der Waals surface area contributed by atoms with Crippen LogP contribution in [0.4, 0.5) is 17.6 Å². The summed E-state index contributed by atoms with van der Waals surface area (Å²) in [7, 11) is 2.20. The fourth-order valence-corrected chi connectivity index (χ4v) is 7.28. The molecular formula is C54H65F4O13P. The first-order chi connectivity index (χ1) is 34.9. The molecule has 4 heterocycles. The molecule has 4 aromatic carbocycles. The maximum atomic E-state index is 12.7. The molecule has 4 aliphatic heterocycles. The van der Waals surface area contributed by atoms with Gasteiger partial charge >= 0.3 is 5.97 Å². The highest BCUT2D eigenvalue weighted by atomic mass is 31.0. The number of aliphatic hydroxyl groups excluding tert-OH is 2. The van der Waals surface area contributed by atoms with E-state index in [4.69, 9.17) is 57.4 Å². The van der Waals surface area contributed by atoms with Crippen LogP contribution in [0.1, 0.15) is 72.6 Å². The maximum absolute atomic E-state index is 12.7. The Morgan fingerprint density at radius 3 is 1.28 bits per heavy atom. The number of carbonyl (C=O) groups is 1. The topological polar surface area (TPSA) is 150 Å². The molecule has 0 amide bonds. The van der Waals surface area contributed by atoms with Gasteiger partial charge in [0.2, 0.25) is 6.29 Å². The van der Waals surface area contributed by atoms with Gasteiger partial charge in [-0.05, 0) is 136 Å². The van der Waals surface area contributed by atoms with E-state index in [9.17, 15) is 22.4 Å². The van der Waals surface area contributed by atoms with Gasteiger partial charge in [0.1, 0.15) is 84.9 Å². The summed E-state index contributed by atoms with van der Waals surface area (Å²) >= 11 is 0. The Morgan fingerprint density at radius 1 is 0.556 bits per heavy atom. The first kappa shape index (κ1) is 57.4. The molecule has 0 aliphatic carbocycles. The zero-order chi connectivity index (χ0) is 51.3. The lowest BCUT2D eigenvalue weighted by Crippen LogP contribution is -2.21. The maximum Gasteiger partial charge on any atom is 0.304 e. The Kier molecular flexibility index (Phi) is 26.0. The highest BCUT2D eigenvalue weighted by Crippen LogP contribution is 2.25. The third-order valence-electron chi connectivity index (χ3n) is 10.8. The van der Waals surface area contributed by atoms with E-state index in [-0.39, 0.29) is 73.9 Å². The number of ether oxygens (including phenoxy) is 9. The number of hydrogen-bond donors (Lipinski definition) is 2. The summed E-state index contributed by atoms with van der Waals surface area (Å²) in [4.78, 5) is 10.7. The van der Waals surface area contributed by atoms with E-state index in [1.165, 1.54) is 55.5 Å². The minimum absolute atomic E-state index is 0. The van der Waals surface area contributed by atoms with Crippen molar-refractivity contribution in [3.8, 4) is 46.7 Å². The van der Waals surface area contributed by atoms with Crippen LogP contribution in [0.15, 0.2) is 97.1 Å². The van der Waals surface area contributed by atoms with Gasteiger partial charge in [0.25, 0.3) is 0 Å². The van der Waals surface area contributed by atoms with Gasteiger partial charge in [0.15, 0.2) is 6.29 Å². The second-order valence-electron chi connectivity index (χ2n) is 16.6. The molecule has 0 radical (unpaired) electrons. The summed E-state index contributed by atoms with van der Waals surface area (Å²) in [5.41, 5.74) is 0. The van der Waals surface area contributed by atoms with Gasteiger partial charge in [-0.3, -0.25) is 4.79 Å². The second kappa shape index (κ2) is 32.6. The van der Waals surface area contributed by atoms with Crippen LogP contribution in [0.5, 0.6) is 23.0 Å². The molecule has 4 fully saturated rings. The smallest absolute Gasteiger partial charge is 0.304 e. The van der Waals surface area contributed by atoms with Crippen molar-refractivity contribution in [1.82, 2.24) is 0 Å². The summed E-state index contributed by atoms with van der Waals surface area (Å²) in [6, 6.07) is 23.6. The Hall–Kier alpha value is -5.46. The number of halogens is 4. The second-order valence-corrected chi connectivity index (χ2v) is 16.9. The molecule has 0 bridgehead atoms. The van der Waals surface area contributed by atoms with Crippen LogP contribution in [0, 0.1) is 47.0 Å². The van der Waals surface area contributed by atoms with Crippen LogP contribution < -0.4 is 18.9 Å². The van der Waals surface area contributed by atoms with Gasteiger partial charge in [-0.25, -0.2) is 17.6 Å². The third-order valence-corrected chi connectivity index (χ3v) is 11.0. The lowest BCUT2D eigenvalue weighted by atomic mass is 10.2. The minimum atomic E-state index is -0.660. The Bertz CT molecular complexity index is 2280. The van der Waals surface area contributed by atoms with Crippen molar-refractivity contribution < 1.29 is 81.2 Å². The molecular weight excluding hydrogens is 964 g/mol. The van der Waals surface area contributed by atoms with Crippen molar-refractivity contribution in [2.24, 2.45) is 0 Å². The zero-order valence-electron chi connectivity index (χ0n) is 40.1. The predicted molar refractivity (Wildman–Crippen MR) is 263 cm³/mol. The number of carbonyl (C=O) groups excluding carboxylic acids is 1. The van der Waals surface area contributed by atoms with Crippen molar-refractivity contribution >= 4 is 15.4 Å². The summed E-state index contributed by atoms with van der Waals surface area (Å²) < 4.78 is 105. The van der Waals surface area contributed by atoms with Crippen LogP contribution in [0.3, 0.4) is 0 Å². The lowest BCUT2D eigenvalue weighted by molar-refractivity contribution is -0.174. The Balaban J connectivity index is 0.000000211. The highest BCUT2D eigenvalue weighted by Gasteiger charge is 2.28. The number of benzene rings is 4. The molecule has 7 unspecified atom stereocenters. The highest BCUT2D eigenvalue weighted by molar-refractivity contribution is 7.09. The fourth-order valence-electron chi connectivity index (χ4n) is 7.16. The number of esters is 1. The van der Waals surface area contributed by atoms with Gasteiger partial charge in [0.05, 0.1) is 37.6 Å². The minimum Gasteiger partial charge on any atom is -0.491 e. The summed E-state index contributed by atoms with van der Waals surface area (Å²) in [5.74, 6) is 13.0. The molecule has 0 aromatic heterocycles. The first-order valence-corrected chi connectivity index (χ1v) is 24.3. The summed E-state index contributed by atoms with van der Waals surface area (Å²) in [6.45, 7) is 3.72. The number of hydrogen-bond acceptors (Lipinski definition) is 13. The van der Waals surface area contributed by atoms with Crippen molar-refractivity contribution in [3.05, 3.63) is 120 Å². The van der Waals surface area contributed by atoms with Crippen LogP contribution >= 0.6 is 9.47 Å². The van der Waals surface area contributed by atoms with Crippen LogP contribution in [-0.4, -0.2) is 105 Å². The molecule has 4 aliphatic rings. The molecule has 18 heteroatoms. The van der Waals surface area contributed by atoms with E-state index in [0.29, 0.717) is 81.7 Å². The summed E-state index contributed by atoms with van der Waals surface area (Å²) in [5, 5.41) is 17.7. The molecule has 4 aromatic rings. The average molecular weight is 1030 g/mol.